The Morgan fingerprint density at radius 2 is 1.44 bits per heavy atom. The highest BCUT2D eigenvalue weighted by Crippen LogP contribution is 2.22. The van der Waals surface area contributed by atoms with Gasteiger partial charge in [0.15, 0.2) is 0 Å². The summed E-state index contributed by atoms with van der Waals surface area (Å²) in [4.78, 5) is 21.2. The molecule has 0 unspecified atom stereocenters. The van der Waals surface area contributed by atoms with Crippen LogP contribution < -0.4 is 4.74 Å². The van der Waals surface area contributed by atoms with Crippen molar-refractivity contribution in [2.24, 2.45) is 0 Å². The third kappa shape index (κ3) is 2.83. The highest BCUT2D eigenvalue weighted by molar-refractivity contribution is 5.77. The van der Waals surface area contributed by atoms with Crippen LogP contribution in [0, 0.1) is 0 Å². The van der Waals surface area contributed by atoms with Crippen molar-refractivity contribution in [3.05, 3.63) is 54.1 Å². The quantitative estimate of drug-likeness (QED) is 0.611. The van der Waals surface area contributed by atoms with Gasteiger partial charge in [0.1, 0.15) is 5.75 Å². The first-order chi connectivity index (χ1) is 8.69. The molecule has 0 aliphatic carbocycles. The molecule has 0 atom stereocenters. The van der Waals surface area contributed by atoms with Crippen molar-refractivity contribution in [1.82, 2.24) is 0 Å². The summed E-state index contributed by atoms with van der Waals surface area (Å²) < 4.78 is 4.95. The highest BCUT2D eigenvalue weighted by atomic mass is 16.5. The van der Waals surface area contributed by atoms with E-state index in [1.165, 1.54) is 6.92 Å². The molecule has 0 N–H and O–H groups in total. The van der Waals surface area contributed by atoms with Crippen molar-refractivity contribution in [3.63, 3.8) is 0 Å². The van der Waals surface area contributed by atoms with Gasteiger partial charge in [0.05, 0.1) is 0 Å². The Morgan fingerprint density at radius 1 is 0.944 bits per heavy atom. The van der Waals surface area contributed by atoms with E-state index in [4.69, 9.17) is 4.74 Å². The largest absolute Gasteiger partial charge is 0.427 e. The van der Waals surface area contributed by atoms with Crippen LogP contribution in [0.15, 0.2) is 48.5 Å². The molecule has 0 aliphatic rings. The van der Waals surface area contributed by atoms with Crippen molar-refractivity contribution in [3.8, 4) is 16.9 Å². The van der Waals surface area contributed by atoms with Crippen LogP contribution in [-0.2, 0) is 9.59 Å². The Kier molecular flexibility index (Phi) is 3.53. The molecule has 2 aromatic carbocycles. The van der Waals surface area contributed by atoms with Gasteiger partial charge in [-0.25, -0.2) is 0 Å². The fourth-order valence-corrected chi connectivity index (χ4v) is 1.61. The second-order valence-electron chi connectivity index (χ2n) is 3.80. The normalized spacial score (nSPS) is 9.83. The molecule has 0 amide bonds. The van der Waals surface area contributed by atoms with Gasteiger partial charge < -0.3 is 4.74 Å². The van der Waals surface area contributed by atoms with E-state index >= 15 is 0 Å². The van der Waals surface area contributed by atoms with Crippen molar-refractivity contribution >= 4 is 12.3 Å². The van der Waals surface area contributed by atoms with E-state index in [-0.39, 0.29) is 5.97 Å². The molecule has 3 nitrogen and oxygen atoms in total. The van der Waals surface area contributed by atoms with Gasteiger partial charge in [-0.3, -0.25) is 9.59 Å². The maximum absolute atomic E-state index is 10.8. The zero-order valence-electron chi connectivity index (χ0n) is 9.84. The minimum Gasteiger partial charge on any atom is -0.427 e. The average Bonchev–Trinajstić information content (AvgIpc) is 2.39. The number of benzene rings is 2. The number of rotatable bonds is 3. The van der Waals surface area contributed by atoms with Crippen molar-refractivity contribution in [2.45, 2.75) is 6.92 Å². The Balaban J connectivity index is 2.22. The van der Waals surface area contributed by atoms with Crippen LogP contribution in [-0.4, -0.2) is 12.3 Å². The molecule has 0 aliphatic heterocycles. The van der Waals surface area contributed by atoms with Gasteiger partial charge in [0, 0.05) is 12.5 Å². The van der Waals surface area contributed by atoms with Gasteiger partial charge in [-0.15, -0.1) is 0 Å². The van der Waals surface area contributed by atoms with Gasteiger partial charge >= 0.3 is 5.97 Å². The van der Waals surface area contributed by atoms with Gasteiger partial charge in [-0.05, 0) is 23.3 Å². The monoisotopic (exact) mass is 239 g/mol. The molecule has 0 saturated heterocycles. The minimum atomic E-state index is -0.339. The molecule has 1 radical (unpaired) electrons. The number of carbonyl (C=O) groups is 1. The maximum atomic E-state index is 10.8. The van der Waals surface area contributed by atoms with Crippen LogP contribution in [0.3, 0.4) is 0 Å². The third-order valence-corrected chi connectivity index (χ3v) is 2.45. The molecule has 2 aromatic rings. The summed E-state index contributed by atoms with van der Waals surface area (Å²) in [6, 6.07) is 14.3. The van der Waals surface area contributed by atoms with Crippen LogP contribution in [0.2, 0.25) is 0 Å². The summed E-state index contributed by atoms with van der Waals surface area (Å²) in [6.07, 6.45) is 1.83. The number of hydrogen-bond acceptors (Lipinski definition) is 3. The van der Waals surface area contributed by atoms with E-state index < -0.39 is 0 Å². The first kappa shape index (κ1) is 12.0. The summed E-state index contributed by atoms with van der Waals surface area (Å²) in [7, 11) is 0. The van der Waals surface area contributed by atoms with E-state index in [1.54, 1.807) is 24.3 Å². The first-order valence-electron chi connectivity index (χ1n) is 5.46. The molecule has 0 heterocycles. The highest BCUT2D eigenvalue weighted by Gasteiger charge is 2.01. The van der Waals surface area contributed by atoms with Crippen molar-refractivity contribution in [1.29, 1.82) is 0 Å². The van der Waals surface area contributed by atoms with E-state index in [0.717, 1.165) is 11.1 Å². The maximum Gasteiger partial charge on any atom is 0.308 e. The summed E-state index contributed by atoms with van der Waals surface area (Å²) in [5.41, 5.74) is 2.50. The van der Waals surface area contributed by atoms with Gasteiger partial charge in [0.2, 0.25) is 6.29 Å². The van der Waals surface area contributed by atoms with E-state index in [2.05, 4.69) is 0 Å². The molecule has 0 bridgehead atoms. The van der Waals surface area contributed by atoms with Crippen LogP contribution in [0.5, 0.6) is 5.75 Å². The van der Waals surface area contributed by atoms with Crippen LogP contribution in [0.4, 0.5) is 0 Å². The fourth-order valence-electron chi connectivity index (χ4n) is 1.61. The summed E-state index contributed by atoms with van der Waals surface area (Å²) in [6.45, 7) is 1.36. The number of hydrogen-bond donors (Lipinski definition) is 0. The second kappa shape index (κ2) is 5.27. The van der Waals surface area contributed by atoms with E-state index in [1.807, 2.05) is 30.6 Å². The molecular formula is C15H11O3. The fraction of sp³-hybridized carbons (Fsp3) is 0.0667. The zero-order chi connectivity index (χ0) is 13.0. The number of ether oxygens (including phenoxy) is 1. The lowest BCUT2D eigenvalue weighted by Crippen LogP contribution is -2.00. The Morgan fingerprint density at radius 3 is 1.89 bits per heavy atom. The molecule has 0 aromatic heterocycles. The predicted octanol–water partition coefficient (Wildman–Crippen LogP) is 2.74. The first-order valence-corrected chi connectivity index (χ1v) is 5.46. The Labute approximate surface area is 105 Å². The molecule has 89 valence electrons. The molecule has 2 rings (SSSR count). The predicted molar refractivity (Wildman–Crippen MR) is 68.0 cm³/mol. The van der Waals surface area contributed by atoms with E-state index in [9.17, 15) is 9.59 Å². The summed E-state index contributed by atoms with van der Waals surface area (Å²) in [5.74, 6) is 0.178. The zero-order valence-corrected chi connectivity index (χ0v) is 9.84. The lowest BCUT2D eigenvalue weighted by atomic mass is 10.0. The van der Waals surface area contributed by atoms with Crippen LogP contribution >= 0.6 is 0 Å². The Hall–Kier alpha value is -2.42. The SMILES string of the molecule is CC(=O)Oc1ccc(-c2ccc([C]=O)cc2)cc1. The smallest absolute Gasteiger partial charge is 0.308 e. The van der Waals surface area contributed by atoms with Crippen LogP contribution in [0.25, 0.3) is 11.1 Å². The second-order valence-corrected chi connectivity index (χ2v) is 3.80. The van der Waals surface area contributed by atoms with Crippen molar-refractivity contribution in [2.75, 3.05) is 0 Å². The van der Waals surface area contributed by atoms with E-state index in [0.29, 0.717) is 11.3 Å². The lowest BCUT2D eigenvalue weighted by Gasteiger charge is -2.04. The van der Waals surface area contributed by atoms with Gasteiger partial charge in [-0.1, -0.05) is 36.4 Å². The molecule has 0 fully saturated rings. The topological polar surface area (TPSA) is 43.4 Å². The average molecular weight is 239 g/mol. The number of carbonyl (C=O) groups excluding carboxylic acids is 2. The molecular weight excluding hydrogens is 228 g/mol. The summed E-state index contributed by atoms with van der Waals surface area (Å²) >= 11 is 0. The standard InChI is InChI=1S/C15H11O3/c1-11(17)18-15-8-6-14(7-9-15)13-4-2-12(10-16)3-5-13/h2-9H,1H3. The summed E-state index contributed by atoms with van der Waals surface area (Å²) in [5, 5.41) is 0. The van der Waals surface area contributed by atoms with Gasteiger partial charge in [-0.2, -0.15) is 0 Å². The lowest BCUT2D eigenvalue weighted by molar-refractivity contribution is -0.131. The van der Waals surface area contributed by atoms with Crippen LogP contribution in [0.1, 0.15) is 12.5 Å². The third-order valence-electron chi connectivity index (χ3n) is 2.45. The molecule has 18 heavy (non-hydrogen) atoms. The molecule has 3 heteroatoms. The minimum absolute atomic E-state index is 0.339. The van der Waals surface area contributed by atoms with Gasteiger partial charge in [0.25, 0.3) is 0 Å². The molecule has 0 spiro atoms. The Bertz CT molecular complexity index is 553. The molecule has 0 saturated carbocycles. The number of esters is 1. The van der Waals surface area contributed by atoms with Crippen molar-refractivity contribution < 1.29 is 14.3 Å².